The fraction of sp³-hybridized carbons (Fsp3) is 0.417. The van der Waals surface area contributed by atoms with Crippen LogP contribution < -0.4 is 10.1 Å². The van der Waals surface area contributed by atoms with Gasteiger partial charge in [-0.05, 0) is 43.1 Å². The van der Waals surface area contributed by atoms with Crippen molar-refractivity contribution >= 4 is 5.91 Å². The molecule has 0 aromatic heterocycles. The Hall–Kier alpha value is -2.20. The summed E-state index contributed by atoms with van der Waals surface area (Å²) < 4.78 is 5.29. The maximum Gasteiger partial charge on any atom is 0.251 e. The van der Waals surface area contributed by atoms with Crippen LogP contribution in [0, 0.1) is 0 Å². The van der Waals surface area contributed by atoms with Crippen molar-refractivity contribution < 1.29 is 9.53 Å². The Balaban J connectivity index is 2.39. The first-order chi connectivity index (χ1) is 8.77. The van der Waals surface area contributed by atoms with E-state index in [1.54, 1.807) is 24.3 Å². The quantitative estimate of drug-likeness (QED) is 0.348. The second-order valence-electron chi connectivity index (χ2n) is 3.52. The number of nitrogens with one attached hydrogen (secondary N) is 1. The third-order valence-corrected chi connectivity index (χ3v) is 2.21. The van der Waals surface area contributed by atoms with Crippen molar-refractivity contribution in [3.63, 3.8) is 0 Å². The summed E-state index contributed by atoms with van der Waals surface area (Å²) in [5.41, 5.74) is 8.67. The third kappa shape index (κ3) is 4.76. The minimum Gasteiger partial charge on any atom is -0.494 e. The fourth-order valence-corrected chi connectivity index (χ4v) is 1.37. The zero-order valence-electron chi connectivity index (χ0n) is 10.3. The first kappa shape index (κ1) is 13.9. The number of amides is 1. The summed E-state index contributed by atoms with van der Waals surface area (Å²) in [7, 11) is 0. The van der Waals surface area contributed by atoms with Crippen LogP contribution in [0.25, 0.3) is 10.4 Å². The highest BCUT2D eigenvalue weighted by molar-refractivity contribution is 5.94. The molecule has 0 unspecified atom stereocenters. The van der Waals surface area contributed by atoms with E-state index >= 15 is 0 Å². The molecule has 18 heavy (non-hydrogen) atoms. The van der Waals surface area contributed by atoms with Gasteiger partial charge < -0.3 is 10.1 Å². The average Bonchev–Trinajstić information content (AvgIpc) is 2.39. The smallest absolute Gasteiger partial charge is 0.251 e. The van der Waals surface area contributed by atoms with E-state index in [1.165, 1.54) is 0 Å². The van der Waals surface area contributed by atoms with E-state index in [2.05, 4.69) is 15.3 Å². The molecule has 0 atom stereocenters. The van der Waals surface area contributed by atoms with Gasteiger partial charge in [0.25, 0.3) is 5.91 Å². The van der Waals surface area contributed by atoms with E-state index in [1.807, 2.05) is 6.92 Å². The van der Waals surface area contributed by atoms with Gasteiger partial charge in [0, 0.05) is 23.6 Å². The molecule has 0 radical (unpaired) electrons. The lowest BCUT2D eigenvalue weighted by molar-refractivity contribution is 0.0953. The highest BCUT2D eigenvalue weighted by atomic mass is 16.5. The minimum atomic E-state index is -0.140. The second kappa shape index (κ2) is 7.97. The molecule has 1 amide bonds. The third-order valence-electron chi connectivity index (χ3n) is 2.21. The molecule has 1 aromatic rings. The van der Waals surface area contributed by atoms with Crippen molar-refractivity contribution in [1.29, 1.82) is 0 Å². The van der Waals surface area contributed by atoms with E-state index in [0.29, 0.717) is 31.7 Å². The van der Waals surface area contributed by atoms with Gasteiger partial charge in [0.2, 0.25) is 0 Å². The highest BCUT2D eigenvalue weighted by Crippen LogP contribution is 2.11. The number of hydrogen-bond acceptors (Lipinski definition) is 3. The lowest BCUT2D eigenvalue weighted by atomic mass is 10.2. The van der Waals surface area contributed by atoms with Gasteiger partial charge in [0.05, 0.1) is 6.61 Å². The molecule has 1 N–H and O–H groups in total. The molecule has 0 bridgehead atoms. The minimum absolute atomic E-state index is 0.140. The van der Waals surface area contributed by atoms with E-state index in [9.17, 15) is 4.79 Å². The van der Waals surface area contributed by atoms with Gasteiger partial charge in [-0.15, -0.1) is 0 Å². The van der Waals surface area contributed by atoms with E-state index in [4.69, 9.17) is 10.3 Å². The normalized spacial score (nSPS) is 9.39. The summed E-state index contributed by atoms with van der Waals surface area (Å²) in [5, 5.41) is 6.13. The van der Waals surface area contributed by atoms with Gasteiger partial charge in [-0.1, -0.05) is 5.11 Å². The molecule has 1 aromatic carbocycles. The zero-order chi connectivity index (χ0) is 13.2. The number of benzene rings is 1. The van der Waals surface area contributed by atoms with Crippen LogP contribution in [0.5, 0.6) is 5.75 Å². The summed E-state index contributed by atoms with van der Waals surface area (Å²) in [6, 6.07) is 6.96. The van der Waals surface area contributed by atoms with Crippen LogP contribution in [0.15, 0.2) is 29.4 Å². The Morgan fingerprint density at radius 2 is 2.17 bits per heavy atom. The van der Waals surface area contributed by atoms with Gasteiger partial charge in [-0.2, -0.15) is 0 Å². The summed E-state index contributed by atoms with van der Waals surface area (Å²) >= 11 is 0. The lowest BCUT2D eigenvalue weighted by Crippen LogP contribution is -2.24. The number of hydrogen-bond donors (Lipinski definition) is 1. The van der Waals surface area contributed by atoms with Crippen LogP contribution in [-0.2, 0) is 0 Å². The van der Waals surface area contributed by atoms with Gasteiger partial charge >= 0.3 is 0 Å². The van der Waals surface area contributed by atoms with E-state index in [0.717, 1.165) is 5.75 Å². The molecule has 0 fully saturated rings. The number of nitrogens with zero attached hydrogens (tertiary/aromatic N) is 3. The first-order valence-corrected chi connectivity index (χ1v) is 5.80. The molecule has 0 spiro atoms. The number of carbonyl (C=O) groups excluding carboxylic acids is 1. The Morgan fingerprint density at radius 1 is 1.44 bits per heavy atom. The topological polar surface area (TPSA) is 87.1 Å². The van der Waals surface area contributed by atoms with Gasteiger partial charge in [-0.3, -0.25) is 4.79 Å². The number of azide groups is 1. The predicted octanol–water partition coefficient (Wildman–Crippen LogP) is 2.52. The Labute approximate surface area is 106 Å². The molecule has 0 aliphatic carbocycles. The molecule has 0 saturated heterocycles. The molecule has 6 nitrogen and oxygen atoms in total. The van der Waals surface area contributed by atoms with Crippen molar-refractivity contribution in [2.45, 2.75) is 13.3 Å². The standard InChI is InChI=1S/C12H16N4O2/c1-2-18-11-6-4-10(5-7-11)12(17)14-8-3-9-15-16-13/h4-7H,2-3,8-9H2,1H3,(H,14,17). The predicted molar refractivity (Wildman–Crippen MR) is 68.6 cm³/mol. The molecule has 0 aliphatic heterocycles. The summed E-state index contributed by atoms with van der Waals surface area (Å²) in [4.78, 5) is 14.3. The molecule has 1 rings (SSSR count). The van der Waals surface area contributed by atoms with Crippen LogP contribution in [0.4, 0.5) is 0 Å². The van der Waals surface area contributed by atoms with Crippen molar-refractivity contribution in [2.24, 2.45) is 5.11 Å². The summed E-state index contributed by atoms with van der Waals surface area (Å²) in [6.45, 7) is 3.39. The number of carbonyl (C=O) groups is 1. The SMILES string of the molecule is CCOc1ccc(C(=O)NCCCN=[N+]=[N-])cc1. The number of ether oxygens (including phenoxy) is 1. The number of rotatable bonds is 7. The molecular formula is C12H16N4O2. The Morgan fingerprint density at radius 3 is 2.78 bits per heavy atom. The molecule has 0 aliphatic rings. The molecule has 0 saturated carbocycles. The van der Waals surface area contributed by atoms with Crippen LogP contribution >= 0.6 is 0 Å². The van der Waals surface area contributed by atoms with Gasteiger partial charge in [-0.25, -0.2) is 0 Å². The first-order valence-electron chi connectivity index (χ1n) is 5.80. The van der Waals surface area contributed by atoms with Crippen molar-refractivity contribution in [2.75, 3.05) is 19.7 Å². The van der Waals surface area contributed by atoms with E-state index < -0.39 is 0 Å². The Bertz CT molecular complexity index is 424. The Kier molecular flexibility index (Phi) is 6.14. The maximum atomic E-state index is 11.7. The molecule has 6 heteroatoms. The van der Waals surface area contributed by atoms with Crippen LogP contribution in [0.3, 0.4) is 0 Å². The average molecular weight is 248 g/mol. The molecular weight excluding hydrogens is 232 g/mol. The van der Waals surface area contributed by atoms with E-state index in [-0.39, 0.29) is 5.91 Å². The second-order valence-corrected chi connectivity index (χ2v) is 3.52. The largest absolute Gasteiger partial charge is 0.494 e. The maximum absolute atomic E-state index is 11.7. The molecule has 96 valence electrons. The van der Waals surface area contributed by atoms with Crippen LogP contribution in [0.2, 0.25) is 0 Å². The van der Waals surface area contributed by atoms with Crippen LogP contribution in [0.1, 0.15) is 23.7 Å². The highest BCUT2D eigenvalue weighted by Gasteiger charge is 2.04. The monoisotopic (exact) mass is 248 g/mol. The summed E-state index contributed by atoms with van der Waals surface area (Å²) in [5.74, 6) is 0.608. The van der Waals surface area contributed by atoms with Gasteiger partial charge in [0.15, 0.2) is 0 Å². The van der Waals surface area contributed by atoms with Crippen molar-refractivity contribution in [3.8, 4) is 5.75 Å². The summed E-state index contributed by atoms with van der Waals surface area (Å²) in [6.07, 6.45) is 0.632. The van der Waals surface area contributed by atoms with Crippen LogP contribution in [-0.4, -0.2) is 25.6 Å². The van der Waals surface area contributed by atoms with Crippen molar-refractivity contribution in [1.82, 2.24) is 5.32 Å². The zero-order valence-corrected chi connectivity index (χ0v) is 10.3. The fourth-order valence-electron chi connectivity index (χ4n) is 1.37. The van der Waals surface area contributed by atoms with Gasteiger partial charge in [0.1, 0.15) is 5.75 Å². The van der Waals surface area contributed by atoms with Crippen molar-refractivity contribution in [3.05, 3.63) is 40.3 Å². The molecule has 0 heterocycles. The lowest BCUT2D eigenvalue weighted by Gasteiger charge is -2.06.